The highest BCUT2D eigenvalue weighted by Gasteiger charge is 2.30. The van der Waals surface area contributed by atoms with Crippen molar-refractivity contribution in [3.8, 4) is 0 Å². The second-order valence-corrected chi connectivity index (χ2v) is 4.30. The van der Waals surface area contributed by atoms with Gasteiger partial charge in [-0.15, -0.1) is 10.2 Å². The van der Waals surface area contributed by atoms with Crippen LogP contribution in [0.2, 0.25) is 0 Å². The summed E-state index contributed by atoms with van der Waals surface area (Å²) in [6, 6.07) is 4.93. The lowest BCUT2D eigenvalue weighted by molar-refractivity contribution is -0.137. The minimum Gasteiger partial charge on any atom is -0.195 e. The molecule has 4 nitrogen and oxygen atoms in total. The van der Waals surface area contributed by atoms with Gasteiger partial charge in [-0.1, -0.05) is 23.9 Å². The summed E-state index contributed by atoms with van der Waals surface area (Å²) in [6.07, 6.45) is 0.166. The highest BCUT2D eigenvalue weighted by Crippen LogP contribution is 2.29. The zero-order valence-electron chi connectivity index (χ0n) is 9.80. The smallest absolute Gasteiger partial charge is 0.195 e. The number of nitrogens with zero attached hydrogens (tertiary/aromatic N) is 4. The number of hydrogen-bond acceptors (Lipinski definition) is 4. The molecule has 0 amide bonds. The topological polar surface area (TPSA) is 43.1 Å². The largest absolute Gasteiger partial charge is 0.416 e. The van der Waals surface area contributed by atoms with Crippen molar-refractivity contribution in [1.82, 2.24) is 14.9 Å². The Bertz CT molecular complexity index is 592. The van der Waals surface area contributed by atoms with Crippen molar-refractivity contribution < 1.29 is 13.2 Å². The number of benzene rings is 1. The van der Waals surface area contributed by atoms with Gasteiger partial charge in [0.1, 0.15) is 6.33 Å². The fourth-order valence-corrected chi connectivity index (χ4v) is 1.77. The van der Waals surface area contributed by atoms with E-state index in [2.05, 4.69) is 15.3 Å². The van der Waals surface area contributed by atoms with E-state index in [-0.39, 0.29) is 0 Å². The van der Waals surface area contributed by atoms with E-state index in [1.165, 1.54) is 35.0 Å². The minimum atomic E-state index is -4.36. The van der Waals surface area contributed by atoms with Gasteiger partial charge in [-0.25, -0.2) is 0 Å². The van der Waals surface area contributed by atoms with E-state index >= 15 is 0 Å². The third-order valence-electron chi connectivity index (χ3n) is 2.23. The molecular weight excluding hydrogens is 277 g/mol. The first kappa shape index (κ1) is 13.6. The van der Waals surface area contributed by atoms with Crippen molar-refractivity contribution in [3.05, 3.63) is 41.7 Å². The summed E-state index contributed by atoms with van der Waals surface area (Å²) in [5, 5.41) is 12.0. The first-order valence-corrected chi connectivity index (χ1v) is 6.39. The summed E-state index contributed by atoms with van der Waals surface area (Å²) in [4.78, 5) is 0. The Morgan fingerprint density at radius 3 is 2.84 bits per heavy atom. The predicted octanol–water partition coefficient (Wildman–Crippen LogP) is 2.90. The molecule has 0 aliphatic rings. The summed E-state index contributed by atoms with van der Waals surface area (Å²) in [5.41, 5.74) is -0.346. The molecule has 1 aromatic carbocycles. The van der Waals surface area contributed by atoms with Gasteiger partial charge in [-0.3, -0.25) is 0 Å². The summed E-state index contributed by atoms with van der Waals surface area (Å²) in [5.74, 6) is 0. The van der Waals surface area contributed by atoms with Crippen LogP contribution in [0.25, 0.3) is 0 Å². The molecule has 0 aliphatic carbocycles. The van der Waals surface area contributed by atoms with E-state index in [9.17, 15) is 13.2 Å². The molecule has 0 aliphatic heterocycles. The zero-order valence-corrected chi connectivity index (χ0v) is 10.6. The average Bonchev–Trinajstić information content (AvgIpc) is 2.83. The normalized spacial score (nSPS) is 12.2. The molecule has 0 bridgehead atoms. The second kappa shape index (κ2) is 5.43. The molecular formula is C11H9F3N4S. The highest BCUT2D eigenvalue weighted by atomic mass is 32.2. The Labute approximate surface area is 111 Å². The Morgan fingerprint density at radius 1 is 1.37 bits per heavy atom. The van der Waals surface area contributed by atoms with Gasteiger partial charge in [-0.2, -0.15) is 22.9 Å². The van der Waals surface area contributed by atoms with Crippen LogP contribution in [0, 0.1) is 0 Å². The van der Waals surface area contributed by atoms with Crippen molar-refractivity contribution in [2.75, 3.05) is 6.26 Å². The minimum absolute atomic E-state index is 0.357. The van der Waals surface area contributed by atoms with Crippen molar-refractivity contribution in [3.63, 3.8) is 0 Å². The van der Waals surface area contributed by atoms with Gasteiger partial charge in [0.05, 0.1) is 11.8 Å². The summed E-state index contributed by atoms with van der Waals surface area (Å²) in [6.45, 7) is 0. The maximum absolute atomic E-state index is 12.5. The van der Waals surface area contributed by atoms with E-state index in [0.717, 1.165) is 12.1 Å². The fourth-order valence-electron chi connectivity index (χ4n) is 1.36. The lowest BCUT2D eigenvalue weighted by Gasteiger charge is -2.06. The van der Waals surface area contributed by atoms with Crippen LogP contribution in [-0.4, -0.2) is 27.3 Å². The average molecular weight is 286 g/mol. The van der Waals surface area contributed by atoms with E-state index in [1.54, 1.807) is 12.3 Å². The Kier molecular flexibility index (Phi) is 3.89. The third kappa shape index (κ3) is 3.34. The van der Waals surface area contributed by atoms with E-state index in [4.69, 9.17) is 0 Å². The van der Waals surface area contributed by atoms with Crippen LogP contribution in [0.1, 0.15) is 11.1 Å². The van der Waals surface area contributed by atoms with Gasteiger partial charge in [0.25, 0.3) is 0 Å². The van der Waals surface area contributed by atoms with Gasteiger partial charge in [0.15, 0.2) is 0 Å². The number of thioether (sulfide) groups is 1. The lowest BCUT2D eigenvalue weighted by Crippen LogP contribution is -2.05. The van der Waals surface area contributed by atoms with E-state index < -0.39 is 11.7 Å². The second-order valence-electron chi connectivity index (χ2n) is 3.53. The Morgan fingerprint density at radius 2 is 2.16 bits per heavy atom. The van der Waals surface area contributed by atoms with Crippen LogP contribution in [0.3, 0.4) is 0 Å². The monoisotopic (exact) mass is 286 g/mol. The van der Waals surface area contributed by atoms with Crippen LogP contribution in [0.5, 0.6) is 0 Å². The number of alkyl halides is 3. The molecule has 0 fully saturated rings. The SMILES string of the molecule is CSc1nncn1/N=C/c1cccc(C(F)(F)F)c1. The third-order valence-corrected chi connectivity index (χ3v) is 2.86. The molecule has 0 spiro atoms. The van der Waals surface area contributed by atoms with Crippen molar-refractivity contribution in [1.29, 1.82) is 0 Å². The molecule has 2 aromatic rings. The predicted molar refractivity (Wildman–Crippen MR) is 66.2 cm³/mol. The van der Waals surface area contributed by atoms with Crippen LogP contribution in [-0.2, 0) is 6.18 Å². The van der Waals surface area contributed by atoms with Crippen LogP contribution >= 0.6 is 11.8 Å². The number of rotatable bonds is 3. The molecule has 0 saturated heterocycles. The van der Waals surface area contributed by atoms with Crippen molar-refractivity contribution >= 4 is 18.0 Å². The number of hydrogen-bond donors (Lipinski definition) is 0. The number of aromatic nitrogens is 3. The first-order valence-electron chi connectivity index (χ1n) is 5.16. The van der Waals surface area contributed by atoms with Crippen LogP contribution in [0.4, 0.5) is 13.2 Å². The standard InChI is InChI=1S/C11H9F3N4S/c1-19-10-17-15-7-18(10)16-6-8-3-2-4-9(5-8)11(12,13)14/h2-7H,1H3/b16-6+. The fraction of sp³-hybridized carbons (Fsp3) is 0.182. The molecule has 1 aromatic heterocycles. The van der Waals surface area contributed by atoms with E-state index in [0.29, 0.717) is 10.7 Å². The molecule has 1 heterocycles. The van der Waals surface area contributed by atoms with Gasteiger partial charge in [-0.05, 0) is 24.0 Å². The first-order chi connectivity index (χ1) is 9.00. The van der Waals surface area contributed by atoms with Gasteiger partial charge < -0.3 is 0 Å². The van der Waals surface area contributed by atoms with Gasteiger partial charge >= 0.3 is 6.18 Å². The van der Waals surface area contributed by atoms with Crippen LogP contribution in [0.15, 0.2) is 40.9 Å². The summed E-state index contributed by atoms with van der Waals surface area (Å²) < 4.78 is 39.0. The molecule has 8 heteroatoms. The summed E-state index contributed by atoms with van der Waals surface area (Å²) in [7, 11) is 0. The van der Waals surface area contributed by atoms with Crippen LogP contribution < -0.4 is 0 Å². The maximum Gasteiger partial charge on any atom is 0.416 e. The molecule has 0 radical (unpaired) electrons. The summed E-state index contributed by atoms with van der Waals surface area (Å²) >= 11 is 1.34. The Hall–Kier alpha value is -1.83. The molecule has 100 valence electrons. The molecule has 0 saturated carbocycles. The van der Waals surface area contributed by atoms with Gasteiger partial charge in [0.2, 0.25) is 5.16 Å². The molecule has 0 N–H and O–H groups in total. The number of halogens is 3. The maximum atomic E-state index is 12.5. The van der Waals surface area contributed by atoms with E-state index in [1.807, 2.05) is 0 Å². The highest BCUT2D eigenvalue weighted by molar-refractivity contribution is 7.98. The Balaban J connectivity index is 2.24. The van der Waals surface area contributed by atoms with Crippen molar-refractivity contribution in [2.45, 2.75) is 11.3 Å². The molecule has 0 atom stereocenters. The molecule has 2 rings (SSSR count). The lowest BCUT2D eigenvalue weighted by atomic mass is 10.1. The molecule has 0 unspecified atom stereocenters. The van der Waals surface area contributed by atoms with Gasteiger partial charge in [0, 0.05) is 0 Å². The zero-order chi connectivity index (χ0) is 13.9. The quantitative estimate of drug-likeness (QED) is 0.643. The molecule has 19 heavy (non-hydrogen) atoms. The van der Waals surface area contributed by atoms with Crippen molar-refractivity contribution in [2.24, 2.45) is 5.10 Å².